The van der Waals surface area contributed by atoms with Crippen LogP contribution in [0.15, 0.2) is 52.2 Å². The summed E-state index contributed by atoms with van der Waals surface area (Å²) < 4.78 is 6.83. The summed E-state index contributed by atoms with van der Waals surface area (Å²) in [6.45, 7) is 2.08. The first-order valence-electron chi connectivity index (χ1n) is 7.69. The molecule has 1 fully saturated rings. The third-order valence-electron chi connectivity index (χ3n) is 3.47. The second kappa shape index (κ2) is 9.76. The van der Waals surface area contributed by atoms with Gasteiger partial charge in [0.1, 0.15) is 11.8 Å². The van der Waals surface area contributed by atoms with Crippen LogP contribution in [0.3, 0.4) is 0 Å². The lowest BCUT2D eigenvalue weighted by molar-refractivity contribution is 0.239. The SMILES string of the molecule is CC/C=C\C1=C(C=N)OC2S/C(=C(/C#N)c3cccnc3)SC12.CS. The highest BCUT2D eigenvalue weighted by atomic mass is 32.2. The molecule has 2 unspecified atom stereocenters. The lowest BCUT2D eigenvalue weighted by Crippen LogP contribution is -2.10. The summed E-state index contributed by atoms with van der Waals surface area (Å²) in [6.07, 6.45) is 11.4. The number of nitriles is 1. The summed E-state index contributed by atoms with van der Waals surface area (Å²) in [7, 11) is 0. The van der Waals surface area contributed by atoms with Gasteiger partial charge in [-0.25, -0.2) is 0 Å². The molecule has 2 aliphatic rings. The molecular weight excluding hydrogens is 370 g/mol. The molecule has 130 valence electrons. The average molecular weight is 390 g/mol. The van der Waals surface area contributed by atoms with Crippen molar-refractivity contribution in [3.05, 3.63) is 57.8 Å². The Hall–Kier alpha value is -1.62. The van der Waals surface area contributed by atoms with Crippen molar-refractivity contribution in [1.82, 2.24) is 4.98 Å². The molecule has 25 heavy (non-hydrogen) atoms. The molecule has 0 amide bonds. The fraction of sp³-hybridized carbons (Fsp3) is 0.278. The number of pyridine rings is 1. The van der Waals surface area contributed by atoms with Gasteiger partial charge in [-0.05, 0) is 18.7 Å². The predicted molar refractivity (Wildman–Crippen MR) is 111 cm³/mol. The van der Waals surface area contributed by atoms with Crippen molar-refractivity contribution in [1.29, 1.82) is 10.7 Å². The normalized spacial score (nSPS) is 23.4. The van der Waals surface area contributed by atoms with Crippen molar-refractivity contribution in [3.8, 4) is 6.07 Å². The summed E-state index contributed by atoms with van der Waals surface area (Å²) >= 11 is 6.73. The van der Waals surface area contributed by atoms with Crippen LogP contribution >= 0.6 is 36.2 Å². The number of nitrogens with zero attached hydrogens (tertiary/aromatic N) is 2. The Morgan fingerprint density at radius 2 is 2.28 bits per heavy atom. The molecule has 0 spiro atoms. The van der Waals surface area contributed by atoms with Crippen LogP contribution in [0.4, 0.5) is 0 Å². The highest BCUT2D eigenvalue weighted by Gasteiger charge is 2.43. The molecule has 0 radical (unpaired) electrons. The molecule has 2 atom stereocenters. The summed E-state index contributed by atoms with van der Waals surface area (Å²) in [5, 5.41) is 17.2. The molecule has 1 N–H and O–H groups in total. The minimum Gasteiger partial charge on any atom is -0.476 e. The van der Waals surface area contributed by atoms with Crippen molar-refractivity contribution in [2.24, 2.45) is 0 Å². The number of nitrogens with one attached hydrogen (secondary N) is 1. The molecule has 2 aliphatic heterocycles. The zero-order valence-electron chi connectivity index (χ0n) is 14.0. The van der Waals surface area contributed by atoms with Crippen LogP contribution in [0.5, 0.6) is 0 Å². The van der Waals surface area contributed by atoms with Crippen molar-refractivity contribution < 1.29 is 4.74 Å². The van der Waals surface area contributed by atoms with Gasteiger partial charge in [0.15, 0.2) is 5.44 Å². The molecule has 7 heteroatoms. The van der Waals surface area contributed by atoms with Gasteiger partial charge in [0.05, 0.1) is 21.3 Å². The summed E-state index contributed by atoms with van der Waals surface area (Å²) in [4.78, 5) is 4.09. The maximum Gasteiger partial charge on any atom is 0.165 e. The van der Waals surface area contributed by atoms with E-state index in [-0.39, 0.29) is 10.7 Å². The van der Waals surface area contributed by atoms with E-state index in [0.29, 0.717) is 11.3 Å². The first kappa shape index (κ1) is 19.7. The summed E-state index contributed by atoms with van der Waals surface area (Å²) in [5.41, 5.74) is 2.42. The second-order valence-corrected chi connectivity index (χ2v) is 7.45. The number of allylic oxidation sites excluding steroid dienone is 4. The number of thiol groups is 1. The molecular formula is C18H19N3OS3. The minimum atomic E-state index is -0.0804. The van der Waals surface area contributed by atoms with Gasteiger partial charge in [0.25, 0.3) is 0 Å². The Morgan fingerprint density at radius 3 is 2.88 bits per heavy atom. The number of fused-ring (bicyclic) bond motifs is 1. The van der Waals surface area contributed by atoms with E-state index in [4.69, 9.17) is 10.1 Å². The van der Waals surface area contributed by atoms with E-state index in [0.717, 1.165) is 21.8 Å². The minimum absolute atomic E-state index is 0.0804. The van der Waals surface area contributed by atoms with Gasteiger partial charge < -0.3 is 10.1 Å². The van der Waals surface area contributed by atoms with E-state index in [1.807, 2.05) is 18.2 Å². The Morgan fingerprint density at radius 1 is 1.48 bits per heavy atom. The van der Waals surface area contributed by atoms with Gasteiger partial charge in [0, 0.05) is 23.5 Å². The number of hydrogen-bond acceptors (Lipinski definition) is 7. The molecule has 0 aliphatic carbocycles. The van der Waals surface area contributed by atoms with Crippen LogP contribution < -0.4 is 0 Å². The Kier molecular flexibility index (Phi) is 7.69. The molecule has 4 nitrogen and oxygen atoms in total. The van der Waals surface area contributed by atoms with Gasteiger partial charge >= 0.3 is 0 Å². The monoisotopic (exact) mass is 389 g/mol. The fourth-order valence-electron chi connectivity index (χ4n) is 2.39. The van der Waals surface area contributed by atoms with Gasteiger partial charge in [-0.1, -0.05) is 36.9 Å². The summed E-state index contributed by atoms with van der Waals surface area (Å²) in [5.74, 6) is 0.628. The molecule has 3 heterocycles. The van der Waals surface area contributed by atoms with Crippen LogP contribution in [-0.2, 0) is 4.74 Å². The van der Waals surface area contributed by atoms with Crippen molar-refractivity contribution in [2.45, 2.75) is 24.0 Å². The molecule has 0 bridgehead atoms. The quantitative estimate of drug-likeness (QED) is 0.436. The lowest BCUT2D eigenvalue weighted by Gasteiger charge is -2.06. The average Bonchev–Trinajstić information content (AvgIpc) is 3.21. The van der Waals surface area contributed by atoms with Gasteiger partial charge in [-0.2, -0.15) is 17.9 Å². The van der Waals surface area contributed by atoms with E-state index < -0.39 is 0 Å². The molecule has 3 rings (SSSR count). The molecule has 0 saturated carbocycles. The van der Waals surface area contributed by atoms with Crippen LogP contribution in [0, 0.1) is 16.7 Å². The first-order chi connectivity index (χ1) is 12.3. The smallest absolute Gasteiger partial charge is 0.165 e. The zero-order valence-corrected chi connectivity index (χ0v) is 16.5. The molecule has 1 aromatic heterocycles. The number of thioether (sulfide) groups is 2. The summed E-state index contributed by atoms with van der Waals surface area (Å²) in [6, 6.07) is 6.02. The topological polar surface area (TPSA) is 69.8 Å². The number of hydrogen-bond donors (Lipinski definition) is 2. The van der Waals surface area contributed by atoms with Crippen LogP contribution in [0.1, 0.15) is 18.9 Å². The van der Waals surface area contributed by atoms with Crippen molar-refractivity contribution in [2.75, 3.05) is 6.26 Å². The van der Waals surface area contributed by atoms with E-state index in [9.17, 15) is 5.26 Å². The van der Waals surface area contributed by atoms with Gasteiger partial charge in [-0.15, -0.1) is 11.8 Å². The zero-order chi connectivity index (χ0) is 18.2. The number of rotatable bonds is 4. The molecule has 0 aromatic carbocycles. The van der Waals surface area contributed by atoms with E-state index in [2.05, 4.69) is 36.7 Å². The highest BCUT2D eigenvalue weighted by molar-refractivity contribution is 8.26. The predicted octanol–water partition coefficient (Wildman–Crippen LogP) is 4.89. The van der Waals surface area contributed by atoms with Crippen molar-refractivity contribution >= 4 is 47.9 Å². The van der Waals surface area contributed by atoms with E-state index in [1.54, 1.807) is 42.2 Å². The second-order valence-electron chi connectivity index (χ2n) is 4.93. The Labute approximate surface area is 162 Å². The standard InChI is InChI=1S/C17H15N3OS2.CH4S/c1-2-3-6-12-14(9-19)21-16-15(12)22-17(23-16)13(8-18)11-5-4-7-20-10-11;1-2/h3-7,9-10,15-16,19H,2H2,1H3;2H,1H3/b6-3-,17-13-,19-9?;. The van der Waals surface area contributed by atoms with E-state index in [1.165, 1.54) is 6.21 Å². The lowest BCUT2D eigenvalue weighted by atomic mass is 10.1. The highest BCUT2D eigenvalue weighted by Crippen LogP contribution is 2.56. The van der Waals surface area contributed by atoms with E-state index >= 15 is 0 Å². The van der Waals surface area contributed by atoms with Crippen LogP contribution in [0.25, 0.3) is 5.57 Å². The van der Waals surface area contributed by atoms with Crippen LogP contribution in [0.2, 0.25) is 0 Å². The third-order valence-corrected chi connectivity index (χ3v) is 6.41. The van der Waals surface area contributed by atoms with Gasteiger partial charge in [-0.3, -0.25) is 4.98 Å². The van der Waals surface area contributed by atoms with Crippen LogP contribution in [-0.4, -0.2) is 28.1 Å². The molecule has 1 aromatic rings. The third kappa shape index (κ3) is 4.32. The largest absolute Gasteiger partial charge is 0.476 e. The van der Waals surface area contributed by atoms with Crippen molar-refractivity contribution in [3.63, 3.8) is 0 Å². The Balaban J connectivity index is 0.00000109. The number of aromatic nitrogens is 1. The maximum atomic E-state index is 9.54. The first-order valence-corrected chi connectivity index (χ1v) is 10.3. The molecule has 1 saturated heterocycles. The maximum absolute atomic E-state index is 9.54. The van der Waals surface area contributed by atoms with Gasteiger partial charge in [0.2, 0.25) is 0 Å². The Bertz CT molecular complexity index is 751. The fourth-order valence-corrected chi connectivity index (χ4v) is 5.46. The number of ether oxygens (including phenoxy) is 1.